The summed E-state index contributed by atoms with van der Waals surface area (Å²) >= 11 is 0. The van der Waals surface area contributed by atoms with E-state index in [0.29, 0.717) is 18.6 Å². The fourth-order valence-corrected chi connectivity index (χ4v) is 1.89. The Kier molecular flexibility index (Phi) is 3.28. The normalized spacial score (nSPS) is 18.8. The number of hydrogen-bond donors (Lipinski definition) is 0. The molecule has 0 saturated carbocycles. The van der Waals surface area contributed by atoms with Crippen LogP contribution in [0.1, 0.15) is 32.8 Å². The highest BCUT2D eigenvalue weighted by molar-refractivity contribution is 5.76. The Hall–Kier alpha value is -1.58. The number of aryl methyl sites for hydroxylation is 1. The van der Waals surface area contributed by atoms with Crippen LogP contribution in [-0.2, 0) is 16.0 Å². The van der Waals surface area contributed by atoms with Gasteiger partial charge in [-0.05, 0) is 57.4 Å². The van der Waals surface area contributed by atoms with Gasteiger partial charge in [-0.15, -0.1) is 0 Å². The zero-order valence-corrected chi connectivity index (χ0v) is 10.8. The van der Waals surface area contributed by atoms with Crippen molar-refractivity contribution in [3.63, 3.8) is 0 Å². The highest BCUT2D eigenvalue weighted by Crippen LogP contribution is 2.29. The zero-order valence-electron chi connectivity index (χ0n) is 10.8. The lowest BCUT2D eigenvalue weighted by atomic mass is 10.0. The average molecular weight is 252 g/mol. The second-order valence-corrected chi connectivity index (χ2v) is 5.43. The van der Waals surface area contributed by atoms with Crippen LogP contribution in [0.4, 0.5) is 4.39 Å². The predicted octanol–water partition coefficient (Wildman–Crippen LogP) is 2.86. The van der Waals surface area contributed by atoms with Crippen molar-refractivity contribution in [1.82, 2.24) is 0 Å². The minimum atomic E-state index is -0.595. The Morgan fingerprint density at radius 1 is 1.44 bits per heavy atom. The molecule has 1 heterocycles. The maximum Gasteiger partial charge on any atom is 0.347 e. The first-order valence-corrected chi connectivity index (χ1v) is 6.03. The maximum atomic E-state index is 13.0. The largest absolute Gasteiger partial charge is 0.478 e. The summed E-state index contributed by atoms with van der Waals surface area (Å²) in [6.45, 7) is 5.45. The molecule has 3 nitrogen and oxygen atoms in total. The van der Waals surface area contributed by atoms with Gasteiger partial charge in [-0.1, -0.05) is 0 Å². The minimum absolute atomic E-state index is 0.284. The molecule has 1 unspecified atom stereocenters. The van der Waals surface area contributed by atoms with E-state index in [1.54, 1.807) is 6.07 Å². The van der Waals surface area contributed by atoms with Crippen molar-refractivity contribution in [3.05, 3.63) is 29.6 Å². The van der Waals surface area contributed by atoms with Crippen LogP contribution in [-0.4, -0.2) is 17.7 Å². The second-order valence-electron chi connectivity index (χ2n) is 5.43. The molecule has 0 bridgehead atoms. The van der Waals surface area contributed by atoms with Crippen LogP contribution < -0.4 is 4.74 Å². The summed E-state index contributed by atoms with van der Waals surface area (Å²) in [6, 6.07) is 4.33. The van der Waals surface area contributed by atoms with Crippen molar-refractivity contribution in [3.8, 4) is 5.75 Å². The van der Waals surface area contributed by atoms with E-state index in [0.717, 1.165) is 5.56 Å². The van der Waals surface area contributed by atoms with Crippen molar-refractivity contribution < 1.29 is 18.7 Å². The van der Waals surface area contributed by atoms with E-state index in [2.05, 4.69) is 0 Å². The van der Waals surface area contributed by atoms with E-state index in [1.165, 1.54) is 12.1 Å². The van der Waals surface area contributed by atoms with E-state index < -0.39 is 11.7 Å². The van der Waals surface area contributed by atoms with Crippen molar-refractivity contribution in [2.45, 2.75) is 45.3 Å². The average Bonchev–Trinajstić information content (AvgIpc) is 2.26. The molecule has 4 heteroatoms. The van der Waals surface area contributed by atoms with E-state index >= 15 is 0 Å². The van der Waals surface area contributed by atoms with Gasteiger partial charge in [0.1, 0.15) is 17.2 Å². The van der Waals surface area contributed by atoms with Gasteiger partial charge in [0, 0.05) is 0 Å². The number of rotatable bonds is 1. The zero-order chi connectivity index (χ0) is 13.3. The predicted molar refractivity (Wildman–Crippen MR) is 65.0 cm³/mol. The van der Waals surface area contributed by atoms with Gasteiger partial charge in [-0.25, -0.2) is 9.18 Å². The van der Waals surface area contributed by atoms with Crippen LogP contribution in [0.5, 0.6) is 5.75 Å². The van der Waals surface area contributed by atoms with Gasteiger partial charge in [0.25, 0.3) is 0 Å². The van der Waals surface area contributed by atoms with Gasteiger partial charge in [0.05, 0.1) is 0 Å². The molecule has 2 rings (SSSR count). The molecule has 1 aromatic carbocycles. The van der Waals surface area contributed by atoms with E-state index in [1.807, 2.05) is 20.8 Å². The fourth-order valence-electron chi connectivity index (χ4n) is 1.89. The Morgan fingerprint density at radius 3 is 2.83 bits per heavy atom. The molecule has 0 fully saturated rings. The SMILES string of the molecule is CC(C)(C)OC(=O)C1CCc2cc(F)ccc2O1. The Bertz CT molecular complexity index is 463. The van der Waals surface area contributed by atoms with Gasteiger partial charge in [-0.3, -0.25) is 0 Å². The summed E-state index contributed by atoms with van der Waals surface area (Å²) in [4.78, 5) is 11.9. The molecule has 1 aromatic rings. The summed E-state index contributed by atoms with van der Waals surface area (Å²) in [5, 5.41) is 0. The molecule has 0 radical (unpaired) electrons. The molecule has 1 atom stereocenters. The summed E-state index contributed by atoms with van der Waals surface area (Å²) in [5.41, 5.74) is 0.276. The number of ether oxygens (including phenoxy) is 2. The van der Waals surface area contributed by atoms with Crippen LogP contribution in [0.2, 0.25) is 0 Å². The second kappa shape index (κ2) is 4.59. The Labute approximate surface area is 106 Å². The maximum absolute atomic E-state index is 13.0. The first-order chi connectivity index (χ1) is 8.35. The van der Waals surface area contributed by atoms with Gasteiger partial charge in [0.2, 0.25) is 0 Å². The first kappa shape index (κ1) is 12.9. The third-order valence-corrected chi connectivity index (χ3v) is 2.64. The lowest BCUT2D eigenvalue weighted by Gasteiger charge is -2.28. The summed E-state index contributed by atoms with van der Waals surface area (Å²) in [6.07, 6.45) is 0.546. The molecule has 1 aliphatic rings. The van der Waals surface area contributed by atoms with Crippen LogP contribution >= 0.6 is 0 Å². The molecule has 1 aliphatic heterocycles. The van der Waals surface area contributed by atoms with Crippen LogP contribution in [0.3, 0.4) is 0 Å². The van der Waals surface area contributed by atoms with Crippen molar-refractivity contribution in [2.75, 3.05) is 0 Å². The van der Waals surface area contributed by atoms with Gasteiger partial charge >= 0.3 is 5.97 Å². The quantitative estimate of drug-likeness (QED) is 0.721. The van der Waals surface area contributed by atoms with E-state index in [9.17, 15) is 9.18 Å². The van der Waals surface area contributed by atoms with Crippen LogP contribution in [0, 0.1) is 5.82 Å². The van der Waals surface area contributed by atoms with Gasteiger partial charge in [0.15, 0.2) is 6.10 Å². The monoisotopic (exact) mass is 252 g/mol. The lowest BCUT2D eigenvalue weighted by molar-refractivity contribution is -0.164. The van der Waals surface area contributed by atoms with Crippen LogP contribution in [0.25, 0.3) is 0 Å². The standard InChI is InChI=1S/C14H17FO3/c1-14(2,3)18-13(16)12-6-4-9-8-10(15)5-7-11(9)17-12/h5,7-8,12H,4,6H2,1-3H3. The molecular weight excluding hydrogens is 235 g/mol. The number of carbonyl (C=O) groups is 1. The number of carbonyl (C=O) groups excluding carboxylic acids is 1. The van der Waals surface area contributed by atoms with E-state index in [4.69, 9.17) is 9.47 Å². The third kappa shape index (κ3) is 3.00. The smallest absolute Gasteiger partial charge is 0.347 e. The van der Waals surface area contributed by atoms with Gasteiger partial charge < -0.3 is 9.47 Å². The van der Waals surface area contributed by atoms with Crippen molar-refractivity contribution in [1.29, 1.82) is 0 Å². The van der Waals surface area contributed by atoms with Crippen molar-refractivity contribution in [2.24, 2.45) is 0 Å². The molecule has 0 aromatic heterocycles. The highest BCUT2D eigenvalue weighted by Gasteiger charge is 2.30. The molecule has 0 aliphatic carbocycles. The van der Waals surface area contributed by atoms with Crippen molar-refractivity contribution >= 4 is 5.97 Å². The molecule has 0 amide bonds. The number of hydrogen-bond acceptors (Lipinski definition) is 3. The molecule has 18 heavy (non-hydrogen) atoms. The number of benzene rings is 1. The Balaban J connectivity index is 2.08. The van der Waals surface area contributed by atoms with Gasteiger partial charge in [-0.2, -0.15) is 0 Å². The third-order valence-electron chi connectivity index (χ3n) is 2.64. The molecule has 98 valence electrons. The molecular formula is C14H17FO3. The summed E-state index contributed by atoms with van der Waals surface area (Å²) < 4.78 is 23.9. The van der Waals surface area contributed by atoms with Crippen LogP contribution in [0.15, 0.2) is 18.2 Å². The summed E-state index contributed by atoms with van der Waals surface area (Å²) in [7, 11) is 0. The summed E-state index contributed by atoms with van der Waals surface area (Å²) in [5.74, 6) is -0.0796. The lowest BCUT2D eigenvalue weighted by Crippen LogP contribution is -2.37. The van der Waals surface area contributed by atoms with E-state index in [-0.39, 0.29) is 11.8 Å². The molecule has 0 spiro atoms. The highest BCUT2D eigenvalue weighted by atomic mass is 19.1. The molecule has 0 saturated heterocycles. The topological polar surface area (TPSA) is 35.5 Å². The number of esters is 1. The first-order valence-electron chi connectivity index (χ1n) is 6.03. The number of halogens is 1. The fraction of sp³-hybridized carbons (Fsp3) is 0.500. The molecule has 0 N–H and O–H groups in total. The number of fused-ring (bicyclic) bond motifs is 1. The minimum Gasteiger partial charge on any atom is -0.478 e. The Morgan fingerprint density at radius 2 is 2.17 bits per heavy atom.